The van der Waals surface area contributed by atoms with Crippen LogP contribution in [0.5, 0.6) is 0 Å². The molecule has 1 aliphatic heterocycles. The molecule has 3 N–H and O–H groups in total. The maximum absolute atomic E-state index is 12.5. The number of benzene rings is 2. The molecule has 0 aromatic heterocycles. The van der Waals surface area contributed by atoms with Crippen molar-refractivity contribution in [2.75, 3.05) is 18.0 Å². The number of amides is 1. The molecule has 7 heteroatoms. The predicted molar refractivity (Wildman–Crippen MR) is 96.7 cm³/mol. The van der Waals surface area contributed by atoms with E-state index in [9.17, 15) is 13.2 Å². The van der Waals surface area contributed by atoms with Crippen LogP contribution in [-0.4, -0.2) is 27.4 Å². The summed E-state index contributed by atoms with van der Waals surface area (Å²) >= 11 is 0. The zero-order chi connectivity index (χ0) is 18.0. The molecule has 0 saturated heterocycles. The molecule has 25 heavy (non-hydrogen) atoms. The van der Waals surface area contributed by atoms with Crippen LogP contribution >= 0.6 is 0 Å². The first-order valence-electron chi connectivity index (χ1n) is 8.10. The van der Waals surface area contributed by atoms with E-state index in [-0.39, 0.29) is 17.3 Å². The molecule has 6 nitrogen and oxygen atoms in total. The van der Waals surface area contributed by atoms with Crippen LogP contribution in [0.3, 0.4) is 0 Å². The van der Waals surface area contributed by atoms with Gasteiger partial charge in [0.05, 0.1) is 4.90 Å². The van der Waals surface area contributed by atoms with E-state index in [2.05, 4.69) is 4.72 Å². The van der Waals surface area contributed by atoms with Gasteiger partial charge >= 0.3 is 0 Å². The van der Waals surface area contributed by atoms with Gasteiger partial charge in [-0.15, -0.1) is 0 Å². The van der Waals surface area contributed by atoms with Gasteiger partial charge in [0.2, 0.25) is 15.9 Å². The van der Waals surface area contributed by atoms with Crippen LogP contribution in [0.4, 0.5) is 5.69 Å². The zero-order valence-corrected chi connectivity index (χ0v) is 14.8. The molecule has 1 unspecified atom stereocenters. The molecule has 3 rings (SSSR count). The number of nitrogens with one attached hydrogen (secondary N) is 1. The van der Waals surface area contributed by atoms with Crippen molar-refractivity contribution >= 4 is 21.6 Å². The van der Waals surface area contributed by atoms with Gasteiger partial charge in [0.15, 0.2) is 0 Å². The second kappa shape index (κ2) is 6.95. The van der Waals surface area contributed by atoms with E-state index in [4.69, 9.17) is 5.73 Å². The Labute approximate surface area is 147 Å². The van der Waals surface area contributed by atoms with Crippen LogP contribution in [0.25, 0.3) is 0 Å². The molecule has 2 aromatic carbocycles. The van der Waals surface area contributed by atoms with Crippen molar-refractivity contribution < 1.29 is 13.2 Å². The molecule has 1 amide bonds. The van der Waals surface area contributed by atoms with Crippen LogP contribution in [0.15, 0.2) is 53.4 Å². The van der Waals surface area contributed by atoms with E-state index in [0.717, 1.165) is 16.8 Å². The average molecular weight is 359 g/mol. The number of hydrogen-bond acceptors (Lipinski definition) is 4. The molecular formula is C18H21N3O3S. The smallest absolute Gasteiger partial charge is 0.240 e. The van der Waals surface area contributed by atoms with Crippen molar-refractivity contribution in [2.24, 2.45) is 5.73 Å². The summed E-state index contributed by atoms with van der Waals surface area (Å²) in [5.74, 6) is -0.0404. The number of nitrogens with zero attached hydrogens (tertiary/aromatic N) is 1. The molecule has 0 radical (unpaired) electrons. The van der Waals surface area contributed by atoms with E-state index in [0.29, 0.717) is 13.0 Å². The summed E-state index contributed by atoms with van der Waals surface area (Å²) in [6.45, 7) is 2.20. The summed E-state index contributed by atoms with van der Waals surface area (Å²) in [5.41, 5.74) is 8.57. The number of carbonyl (C=O) groups excluding carboxylic acids is 1. The molecule has 0 aliphatic carbocycles. The lowest BCUT2D eigenvalue weighted by Gasteiger charge is -2.16. The molecule has 0 bridgehead atoms. The normalized spacial score (nSPS) is 15.0. The summed E-state index contributed by atoms with van der Waals surface area (Å²) < 4.78 is 27.6. The monoisotopic (exact) mass is 359 g/mol. The fourth-order valence-electron chi connectivity index (χ4n) is 2.97. The summed E-state index contributed by atoms with van der Waals surface area (Å²) in [7, 11) is -3.66. The first-order valence-corrected chi connectivity index (χ1v) is 9.58. The lowest BCUT2D eigenvalue weighted by Crippen LogP contribution is -2.32. The van der Waals surface area contributed by atoms with E-state index >= 15 is 0 Å². The third-order valence-electron chi connectivity index (χ3n) is 4.36. The largest absolute Gasteiger partial charge is 0.323 e. The minimum absolute atomic E-state index is 0.0404. The fourth-order valence-corrected chi connectivity index (χ4v) is 4.08. The number of carbonyl (C=O) groups is 1. The highest BCUT2D eigenvalue weighted by atomic mass is 32.2. The van der Waals surface area contributed by atoms with Gasteiger partial charge in [-0.05, 0) is 35.7 Å². The van der Waals surface area contributed by atoms with Crippen molar-refractivity contribution in [1.29, 1.82) is 0 Å². The second-order valence-corrected chi connectivity index (χ2v) is 7.85. The zero-order valence-electron chi connectivity index (χ0n) is 14.0. The lowest BCUT2D eigenvalue weighted by atomic mass is 10.1. The van der Waals surface area contributed by atoms with Gasteiger partial charge in [-0.25, -0.2) is 13.1 Å². The van der Waals surface area contributed by atoms with Crippen LogP contribution in [0.2, 0.25) is 0 Å². The summed E-state index contributed by atoms with van der Waals surface area (Å²) in [6.07, 6.45) is 0.655. The highest BCUT2D eigenvalue weighted by Crippen LogP contribution is 2.30. The molecule has 0 saturated carbocycles. The summed E-state index contributed by atoms with van der Waals surface area (Å²) in [6, 6.07) is 13.8. The van der Waals surface area contributed by atoms with Gasteiger partial charge in [0.1, 0.15) is 0 Å². The second-order valence-electron chi connectivity index (χ2n) is 6.08. The number of sulfonamides is 1. The Kier molecular flexibility index (Phi) is 4.89. The summed E-state index contributed by atoms with van der Waals surface area (Å²) in [5, 5.41) is 0. The van der Waals surface area contributed by atoms with Crippen molar-refractivity contribution in [3.05, 3.63) is 59.7 Å². The van der Waals surface area contributed by atoms with Gasteiger partial charge in [0.25, 0.3) is 0 Å². The van der Waals surface area contributed by atoms with Crippen molar-refractivity contribution in [2.45, 2.75) is 24.3 Å². The molecule has 1 heterocycles. The number of anilines is 1. The van der Waals surface area contributed by atoms with Crippen LogP contribution in [0, 0.1) is 0 Å². The Morgan fingerprint density at radius 1 is 1.24 bits per heavy atom. The molecule has 0 fully saturated rings. The van der Waals surface area contributed by atoms with E-state index in [1.807, 2.05) is 30.3 Å². The lowest BCUT2D eigenvalue weighted by molar-refractivity contribution is -0.116. The summed E-state index contributed by atoms with van der Waals surface area (Å²) in [4.78, 5) is 13.4. The molecule has 1 aliphatic rings. The van der Waals surface area contributed by atoms with Crippen molar-refractivity contribution in [1.82, 2.24) is 4.72 Å². The maximum Gasteiger partial charge on any atom is 0.240 e. The van der Waals surface area contributed by atoms with Crippen molar-refractivity contribution in [3.63, 3.8) is 0 Å². The maximum atomic E-state index is 12.5. The number of fused-ring (bicyclic) bond motifs is 1. The van der Waals surface area contributed by atoms with Gasteiger partial charge in [0, 0.05) is 31.7 Å². The molecular weight excluding hydrogens is 338 g/mol. The average Bonchev–Trinajstić information content (AvgIpc) is 3.04. The highest BCUT2D eigenvalue weighted by molar-refractivity contribution is 7.89. The number of nitrogens with two attached hydrogens (primary N) is 1. The highest BCUT2D eigenvalue weighted by Gasteiger charge is 2.25. The first-order chi connectivity index (χ1) is 11.9. The number of rotatable bonds is 5. The Hall–Kier alpha value is -2.22. The Morgan fingerprint density at radius 2 is 1.96 bits per heavy atom. The SMILES string of the molecule is CC(=O)N1CCc2cc(S(=O)(=O)NCC(N)c3ccccc3)ccc21. The first kappa shape index (κ1) is 17.6. The van der Waals surface area contributed by atoms with Crippen LogP contribution < -0.4 is 15.4 Å². The molecule has 2 aromatic rings. The van der Waals surface area contributed by atoms with E-state index in [1.54, 1.807) is 17.0 Å². The van der Waals surface area contributed by atoms with Gasteiger partial charge in [-0.3, -0.25) is 4.79 Å². The van der Waals surface area contributed by atoms with Gasteiger partial charge < -0.3 is 10.6 Å². The third-order valence-corrected chi connectivity index (χ3v) is 5.78. The van der Waals surface area contributed by atoms with Gasteiger partial charge in [-0.1, -0.05) is 30.3 Å². The van der Waals surface area contributed by atoms with Crippen LogP contribution in [-0.2, 0) is 21.2 Å². The Bertz CT molecular complexity index is 882. The minimum Gasteiger partial charge on any atom is -0.323 e. The van der Waals surface area contributed by atoms with Crippen LogP contribution in [0.1, 0.15) is 24.1 Å². The Morgan fingerprint density at radius 3 is 2.64 bits per heavy atom. The number of hydrogen-bond donors (Lipinski definition) is 2. The predicted octanol–water partition coefficient (Wildman–Crippen LogP) is 1.57. The van der Waals surface area contributed by atoms with Crippen molar-refractivity contribution in [3.8, 4) is 0 Å². The minimum atomic E-state index is -3.66. The fraction of sp³-hybridized carbons (Fsp3) is 0.278. The quantitative estimate of drug-likeness (QED) is 0.848. The van der Waals surface area contributed by atoms with Gasteiger partial charge in [-0.2, -0.15) is 0 Å². The van der Waals surface area contributed by atoms with E-state index in [1.165, 1.54) is 13.0 Å². The van der Waals surface area contributed by atoms with E-state index < -0.39 is 16.1 Å². The molecule has 0 spiro atoms. The molecule has 132 valence electrons. The standard InChI is InChI=1S/C18H21N3O3S/c1-13(22)21-10-9-15-11-16(7-8-18(15)21)25(23,24)20-12-17(19)14-5-3-2-4-6-14/h2-8,11,17,20H,9-10,12,19H2,1H3. The Balaban J connectivity index is 1.74. The third kappa shape index (κ3) is 3.73. The topological polar surface area (TPSA) is 92.5 Å². The molecule has 1 atom stereocenters.